The van der Waals surface area contributed by atoms with E-state index in [4.69, 9.17) is 14.6 Å². The zero-order valence-corrected chi connectivity index (χ0v) is 11.0. The summed E-state index contributed by atoms with van der Waals surface area (Å²) in [6, 6.07) is 3.50. The van der Waals surface area contributed by atoms with Gasteiger partial charge < -0.3 is 19.9 Å². The van der Waals surface area contributed by atoms with Gasteiger partial charge in [0.2, 0.25) is 11.8 Å². The number of methoxy groups -OCH3 is 1. The maximum atomic E-state index is 11.8. The summed E-state index contributed by atoms with van der Waals surface area (Å²) in [5, 5.41) is 11.5. The second kappa shape index (κ2) is 6.33. The van der Waals surface area contributed by atoms with Gasteiger partial charge in [-0.3, -0.25) is 4.79 Å². The molecule has 0 bridgehead atoms. The van der Waals surface area contributed by atoms with Crippen molar-refractivity contribution in [1.29, 1.82) is 0 Å². The van der Waals surface area contributed by atoms with Crippen LogP contribution < -0.4 is 10.1 Å². The molecule has 20 heavy (non-hydrogen) atoms. The van der Waals surface area contributed by atoms with Crippen molar-refractivity contribution in [3.8, 4) is 5.88 Å². The Morgan fingerprint density at radius 1 is 1.45 bits per heavy atom. The van der Waals surface area contributed by atoms with Crippen LogP contribution in [0.15, 0.2) is 18.3 Å². The Balaban J connectivity index is 1.81. The monoisotopic (exact) mass is 280 g/mol. The van der Waals surface area contributed by atoms with E-state index in [9.17, 15) is 9.59 Å². The molecule has 2 rings (SSSR count). The van der Waals surface area contributed by atoms with E-state index < -0.39 is 18.2 Å². The number of aromatic nitrogens is 1. The van der Waals surface area contributed by atoms with Crippen LogP contribution in [0.4, 0.5) is 0 Å². The average Bonchev–Trinajstić information content (AvgIpc) is 2.95. The lowest BCUT2D eigenvalue weighted by Crippen LogP contribution is -2.35. The molecule has 0 saturated carbocycles. The van der Waals surface area contributed by atoms with E-state index >= 15 is 0 Å². The largest absolute Gasteiger partial charge is 0.481 e. The van der Waals surface area contributed by atoms with Gasteiger partial charge in [0.15, 0.2) is 6.10 Å². The molecule has 2 N–H and O–H groups in total. The van der Waals surface area contributed by atoms with Gasteiger partial charge >= 0.3 is 5.97 Å². The minimum atomic E-state index is -1.03. The fourth-order valence-electron chi connectivity index (χ4n) is 1.95. The highest BCUT2D eigenvalue weighted by molar-refractivity contribution is 5.82. The number of amides is 1. The summed E-state index contributed by atoms with van der Waals surface area (Å²) in [7, 11) is 1.53. The molecule has 108 valence electrons. The predicted octanol–water partition coefficient (Wildman–Crippen LogP) is 0.339. The Bertz CT molecular complexity index is 488. The van der Waals surface area contributed by atoms with E-state index in [1.807, 2.05) is 0 Å². The minimum absolute atomic E-state index is 0.301. The van der Waals surface area contributed by atoms with E-state index in [1.165, 1.54) is 7.11 Å². The molecule has 2 heterocycles. The molecule has 7 heteroatoms. The van der Waals surface area contributed by atoms with Crippen LogP contribution in [0.2, 0.25) is 0 Å². The van der Waals surface area contributed by atoms with Gasteiger partial charge in [-0.1, -0.05) is 6.07 Å². The van der Waals surface area contributed by atoms with Gasteiger partial charge in [0.25, 0.3) is 0 Å². The zero-order valence-electron chi connectivity index (χ0n) is 11.0. The quantitative estimate of drug-likeness (QED) is 0.807. The van der Waals surface area contributed by atoms with Crippen molar-refractivity contribution in [3.63, 3.8) is 0 Å². The number of hydrogen-bond donors (Lipinski definition) is 2. The lowest BCUT2D eigenvalue weighted by Gasteiger charge is -2.11. The standard InChI is InChI=1S/C13H16N2O5/c1-19-11-5-2-8(6-14-11)7-15-12(16)9-3-4-10(20-9)13(17)18/h2,5-6,9-10H,3-4,7H2,1H3,(H,15,16)(H,17,18)/t9-,10+/m0/s1. The molecule has 1 aromatic rings. The van der Waals surface area contributed by atoms with Gasteiger partial charge in [-0.05, 0) is 18.4 Å². The van der Waals surface area contributed by atoms with Crippen LogP contribution >= 0.6 is 0 Å². The number of carboxylic acids is 1. The highest BCUT2D eigenvalue weighted by Crippen LogP contribution is 2.20. The van der Waals surface area contributed by atoms with Crippen molar-refractivity contribution < 1.29 is 24.2 Å². The van der Waals surface area contributed by atoms with E-state index in [2.05, 4.69) is 10.3 Å². The number of carbonyl (C=O) groups excluding carboxylic acids is 1. The first kappa shape index (κ1) is 14.3. The second-order valence-electron chi connectivity index (χ2n) is 4.46. The number of carbonyl (C=O) groups is 2. The molecule has 0 radical (unpaired) electrons. The Labute approximate surface area is 115 Å². The van der Waals surface area contributed by atoms with Gasteiger partial charge in [0, 0.05) is 18.8 Å². The zero-order chi connectivity index (χ0) is 14.5. The second-order valence-corrected chi connectivity index (χ2v) is 4.46. The fourth-order valence-corrected chi connectivity index (χ4v) is 1.95. The first-order chi connectivity index (χ1) is 9.60. The third kappa shape index (κ3) is 3.45. The minimum Gasteiger partial charge on any atom is -0.481 e. The summed E-state index contributed by atoms with van der Waals surface area (Å²) in [4.78, 5) is 26.6. The molecule has 0 aromatic carbocycles. The highest BCUT2D eigenvalue weighted by Gasteiger charge is 2.34. The van der Waals surface area contributed by atoms with Crippen molar-refractivity contribution in [2.45, 2.75) is 31.6 Å². The first-order valence-corrected chi connectivity index (χ1v) is 6.25. The fraction of sp³-hybridized carbons (Fsp3) is 0.462. The van der Waals surface area contributed by atoms with Crippen molar-refractivity contribution in [1.82, 2.24) is 10.3 Å². The van der Waals surface area contributed by atoms with Gasteiger partial charge in [0.05, 0.1) is 7.11 Å². The van der Waals surface area contributed by atoms with Crippen molar-refractivity contribution in [2.24, 2.45) is 0 Å². The Morgan fingerprint density at radius 3 is 2.75 bits per heavy atom. The number of nitrogens with one attached hydrogen (secondary N) is 1. The van der Waals surface area contributed by atoms with Crippen LogP contribution in [-0.2, 0) is 20.9 Å². The third-order valence-electron chi connectivity index (χ3n) is 3.06. The molecule has 1 aliphatic rings. The van der Waals surface area contributed by atoms with Crippen molar-refractivity contribution >= 4 is 11.9 Å². The molecule has 1 aliphatic heterocycles. The van der Waals surface area contributed by atoms with Crippen LogP contribution in [0, 0.1) is 0 Å². The van der Waals surface area contributed by atoms with Gasteiger partial charge in [0.1, 0.15) is 6.10 Å². The van der Waals surface area contributed by atoms with Crippen LogP contribution in [0.25, 0.3) is 0 Å². The van der Waals surface area contributed by atoms with E-state index in [-0.39, 0.29) is 5.91 Å². The third-order valence-corrected chi connectivity index (χ3v) is 3.06. The molecule has 1 amide bonds. The van der Waals surface area contributed by atoms with E-state index in [0.29, 0.717) is 25.3 Å². The summed E-state index contributed by atoms with van der Waals surface area (Å²) < 4.78 is 10.1. The Kier molecular flexibility index (Phi) is 4.52. The number of pyridine rings is 1. The molecule has 0 aliphatic carbocycles. The summed E-state index contributed by atoms with van der Waals surface area (Å²) in [5.74, 6) is -0.826. The van der Waals surface area contributed by atoms with Crippen molar-refractivity contribution in [3.05, 3.63) is 23.9 Å². The molecule has 0 unspecified atom stereocenters. The lowest BCUT2D eigenvalue weighted by atomic mass is 10.2. The average molecular weight is 280 g/mol. The lowest BCUT2D eigenvalue weighted by molar-refractivity contribution is -0.151. The van der Waals surface area contributed by atoms with Crippen molar-refractivity contribution in [2.75, 3.05) is 7.11 Å². The Morgan fingerprint density at radius 2 is 2.20 bits per heavy atom. The molecule has 7 nitrogen and oxygen atoms in total. The van der Waals surface area contributed by atoms with E-state index in [1.54, 1.807) is 18.3 Å². The Hall–Kier alpha value is -2.15. The highest BCUT2D eigenvalue weighted by atomic mass is 16.5. The molecule has 1 aromatic heterocycles. The molecule has 1 fully saturated rings. The number of hydrogen-bond acceptors (Lipinski definition) is 5. The van der Waals surface area contributed by atoms with E-state index in [0.717, 1.165) is 5.56 Å². The number of nitrogens with zero attached hydrogens (tertiary/aromatic N) is 1. The number of aliphatic carboxylic acids is 1. The SMILES string of the molecule is COc1ccc(CNC(=O)[C@@H]2CC[C@H](C(=O)O)O2)cn1. The van der Waals surface area contributed by atoms with Gasteiger partial charge in [-0.2, -0.15) is 0 Å². The van der Waals surface area contributed by atoms with Crippen LogP contribution in [0.1, 0.15) is 18.4 Å². The van der Waals surface area contributed by atoms with Crippen LogP contribution in [0.3, 0.4) is 0 Å². The molecule has 2 atom stereocenters. The summed E-state index contributed by atoms with van der Waals surface area (Å²) in [5.41, 5.74) is 0.826. The topological polar surface area (TPSA) is 97.8 Å². The number of carboxylic acid groups (broad SMARTS) is 1. The maximum Gasteiger partial charge on any atom is 0.332 e. The predicted molar refractivity (Wildman–Crippen MR) is 68.2 cm³/mol. The van der Waals surface area contributed by atoms with Crippen LogP contribution in [-0.4, -0.2) is 41.3 Å². The first-order valence-electron chi connectivity index (χ1n) is 6.25. The molecule has 1 saturated heterocycles. The van der Waals surface area contributed by atoms with Gasteiger partial charge in [-0.25, -0.2) is 9.78 Å². The smallest absolute Gasteiger partial charge is 0.332 e. The summed E-state index contributed by atoms with van der Waals surface area (Å²) >= 11 is 0. The van der Waals surface area contributed by atoms with Gasteiger partial charge in [-0.15, -0.1) is 0 Å². The summed E-state index contributed by atoms with van der Waals surface area (Å²) in [6.07, 6.45) is 0.811. The van der Waals surface area contributed by atoms with Crippen LogP contribution in [0.5, 0.6) is 5.88 Å². The normalized spacial score (nSPS) is 21.4. The number of rotatable bonds is 5. The number of ether oxygens (including phenoxy) is 2. The molecular weight excluding hydrogens is 264 g/mol. The summed E-state index contributed by atoms with van der Waals surface area (Å²) in [6.45, 7) is 0.313. The molecule has 0 spiro atoms. The molecular formula is C13H16N2O5. The maximum absolute atomic E-state index is 11.8.